The SMILES string of the molecule is NC(=O)[C@H](Cc1ccc(O)cc1)NC(=O)CC(CCN=C(N)N)NO. The van der Waals surface area contributed by atoms with E-state index in [4.69, 9.17) is 22.4 Å². The molecule has 0 heterocycles. The number of hydrogen-bond donors (Lipinski definition) is 7. The zero-order valence-corrected chi connectivity index (χ0v) is 13.7. The average Bonchev–Trinajstić information content (AvgIpc) is 2.54. The molecule has 10 nitrogen and oxygen atoms in total. The van der Waals surface area contributed by atoms with Crippen LogP contribution in [0.2, 0.25) is 0 Å². The molecule has 1 unspecified atom stereocenters. The van der Waals surface area contributed by atoms with E-state index >= 15 is 0 Å². The number of aliphatic imine (C=N–C) groups is 1. The van der Waals surface area contributed by atoms with Crippen LogP contribution in [0.5, 0.6) is 5.75 Å². The third-order valence-corrected chi connectivity index (χ3v) is 3.44. The van der Waals surface area contributed by atoms with Crippen molar-refractivity contribution in [2.45, 2.75) is 31.3 Å². The smallest absolute Gasteiger partial charge is 0.240 e. The molecule has 0 aromatic heterocycles. The van der Waals surface area contributed by atoms with E-state index in [-0.39, 0.29) is 31.1 Å². The molecule has 1 aromatic rings. The number of phenolic OH excluding ortho intramolecular Hbond substituents is 1. The number of carbonyl (C=O) groups is 2. The fourth-order valence-corrected chi connectivity index (χ4v) is 2.13. The number of aromatic hydroxyl groups is 1. The van der Waals surface area contributed by atoms with Crippen LogP contribution < -0.4 is 28.0 Å². The van der Waals surface area contributed by atoms with Gasteiger partial charge in [0.15, 0.2) is 5.96 Å². The Morgan fingerprint density at radius 3 is 2.32 bits per heavy atom. The molecule has 10 N–H and O–H groups in total. The summed E-state index contributed by atoms with van der Waals surface area (Å²) in [5.41, 5.74) is 18.5. The minimum atomic E-state index is -0.908. The van der Waals surface area contributed by atoms with Crippen LogP contribution >= 0.6 is 0 Å². The maximum Gasteiger partial charge on any atom is 0.240 e. The van der Waals surface area contributed by atoms with E-state index in [1.165, 1.54) is 12.1 Å². The molecule has 0 aliphatic carbocycles. The lowest BCUT2D eigenvalue weighted by atomic mass is 10.0. The predicted octanol–water partition coefficient (Wildman–Crippen LogP) is -1.69. The summed E-state index contributed by atoms with van der Waals surface area (Å²) in [7, 11) is 0. The van der Waals surface area contributed by atoms with Crippen LogP contribution in [0.3, 0.4) is 0 Å². The van der Waals surface area contributed by atoms with Gasteiger partial charge in [-0.05, 0) is 24.1 Å². The Morgan fingerprint density at radius 1 is 1.16 bits per heavy atom. The number of amides is 2. The molecule has 0 saturated heterocycles. The standard InChI is InChI=1S/C15H24N6O4/c16-14(24)12(7-9-1-3-11(22)4-2-9)20-13(23)8-10(21-25)5-6-19-15(17)18/h1-4,10,12,21-22,25H,5-8H2,(H2,16,24)(H,20,23)(H4,17,18,19)/t10?,12-/m0/s1. The molecule has 0 bridgehead atoms. The molecule has 0 radical (unpaired) electrons. The van der Waals surface area contributed by atoms with Crippen molar-refractivity contribution in [3.63, 3.8) is 0 Å². The van der Waals surface area contributed by atoms with Gasteiger partial charge < -0.3 is 32.8 Å². The molecule has 1 rings (SSSR count). The first-order chi connectivity index (χ1) is 11.8. The molecule has 0 aliphatic rings. The van der Waals surface area contributed by atoms with Crippen molar-refractivity contribution < 1.29 is 19.9 Å². The van der Waals surface area contributed by atoms with Gasteiger partial charge in [0.1, 0.15) is 11.8 Å². The van der Waals surface area contributed by atoms with Crippen molar-refractivity contribution in [3.05, 3.63) is 29.8 Å². The number of phenols is 1. The quantitative estimate of drug-likeness (QED) is 0.148. The van der Waals surface area contributed by atoms with Gasteiger partial charge in [-0.15, -0.1) is 0 Å². The van der Waals surface area contributed by atoms with Crippen molar-refractivity contribution in [2.75, 3.05) is 6.54 Å². The Hall–Kier alpha value is -2.85. The second kappa shape index (κ2) is 10.1. The van der Waals surface area contributed by atoms with E-state index in [1.807, 2.05) is 5.48 Å². The highest BCUT2D eigenvalue weighted by atomic mass is 16.5. The minimum absolute atomic E-state index is 0.0798. The van der Waals surface area contributed by atoms with Gasteiger partial charge in [-0.2, -0.15) is 0 Å². The highest BCUT2D eigenvalue weighted by Gasteiger charge is 2.21. The van der Waals surface area contributed by atoms with Gasteiger partial charge in [0.05, 0.1) is 0 Å². The molecule has 0 saturated carbocycles. The first kappa shape index (κ1) is 20.2. The third kappa shape index (κ3) is 7.99. The summed E-state index contributed by atoms with van der Waals surface area (Å²) < 4.78 is 0. The van der Waals surface area contributed by atoms with Gasteiger partial charge in [-0.25, -0.2) is 5.48 Å². The van der Waals surface area contributed by atoms with Gasteiger partial charge >= 0.3 is 0 Å². The van der Waals surface area contributed by atoms with E-state index in [9.17, 15) is 14.7 Å². The van der Waals surface area contributed by atoms with Crippen LogP contribution in [-0.4, -0.2) is 46.7 Å². The first-order valence-corrected chi connectivity index (χ1v) is 7.63. The summed E-state index contributed by atoms with van der Waals surface area (Å²) in [4.78, 5) is 27.4. The summed E-state index contributed by atoms with van der Waals surface area (Å²) in [6, 6.07) is 4.73. The van der Waals surface area contributed by atoms with Gasteiger partial charge in [-0.1, -0.05) is 12.1 Å². The molecule has 25 heavy (non-hydrogen) atoms. The van der Waals surface area contributed by atoms with E-state index < -0.39 is 23.9 Å². The van der Waals surface area contributed by atoms with Gasteiger partial charge in [0.2, 0.25) is 11.8 Å². The number of benzene rings is 1. The number of nitrogens with zero attached hydrogens (tertiary/aromatic N) is 1. The van der Waals surface area contributed by atoms with Gasteiger partial charge in [-0.3, -0.25) is 14.6 Å². The fourth-order valence-electron chi connectivity index (χ4n) is 2.13. The summed E-state index contributed by atoms with van der Waals surface area (Å²) in [6.45, 7) is 0.237. The number of guanidine groups is 1. The Kier molecular flexibility index (Phi) is 8.16. The Balaban J connectivity index is 2.58. The van der Waals surface area contributed by atoms with Gasteiger partial charge in [0, 0.05) is 25.4 Å². The minimum Gasteiger partial charge on any atom is -0.508 e. The highest BCUT2D eigenvalue weighted by Crippen LogP contribution is 2.11. The number of carbonyl (C=O) groups excluding carboxylic acids is 2. The summed E-state index contributed by atoms with van der Waals surface area (Å²) in [5.74, 6) is -1.13. The number of nitrogens with one attached hydrogen (secondary N) is 2. The van der Waals surface area contributed by atoms with Crippen molar-refractivity contribution >= 4 is 17.8 Å². The average molecular weight is 352 g/mol. The van der Waals surface area contributed by atoms with Crippen molar-refractivity contribution in [3.8, 4) is 5.75 Å². The lowest BCUT2D eigenvalue weighted by molar-refractivity contribution is -0.128. The van der Waals surface area contributed by atoms with Crippen LogP contribution in [0.1, 0.15) is 18.4 Å². The van der Waals surface area contributed by atoms with E-state index in [2.05, 4.69) is 10.3 Å². The van der Waals surface area contributed by atoms with Crippen LogP contribution in [0, 0.1) is 0 Å². The third-order valence-electron chi connectivity index (χ3n) is 3.44. The lowest BCUT2D eigenvalue weighted by Gasteiger charge is -2.18. The first-order valence-electron chi connectivity index (χ1n) is 7.63. The molecule has 0 aliphatic heterocycles. The topological polar surface area (TPSA) is 189 Å². The van der Waals surface area contributed by atoms with E-state index in [0.717, 1.165) is 5.56 Å². The van der Waals surface area contributed by atoms with E-state index in [0.29, 0.717) is 6.42 Å². The molecular weight excluding hydrogens is 328 g/mol. The molecular formula is C15H24N6O4. The highest BCUT2D eigenvalue weighted by molar-refractivity contribution is 5.87. The van der Waals surface area contributed by atoms with Crippen LogP contribution in [-0.2, 0) is 16.0 Å². The molecule has 138 valence electrons. The number of hydroxylamine groups is 1. The van der Waals surface area contributed by atoms with Crippen molar-refractivity contribution in [2.24, 2.45) is 22.2 Å². The monoisotopic (exact) mass is 352 g/mol. The molecule has 0 spiro atoms. The Labute approximate surface area is 145 Å². The lowest BCUT2D eigenvalue weighted by Crippen LogP contribution is -2.47. The van der Waals surface area contributed by atoms with Crippen molar-refractivity contribution in [1.29, 1.82) is 0 Å². The van der Waals surface area contributed by atoms with Crippen LogP contribution in [0.15, 0.2) is 29.3 Å². The van der Waals surface area contributed by atoms with E-state index in [1.54, 1.807) is 12.1 Å². The number of nitrogens with two attached hydrogens (primary N) is 3. The molecule has 10 heteroatoms. The summed E-state index contributed by atoms with van der Waals surface area (Å²) in [6.07, 6.45) is 0.420. The number of primary amides is 1. The number of rotatable bonds is 10. The second-order valence-electron chi connectivity index (χ2n) is 5.52. The Bertz CT molecular complexity index is 601. The molecule has 2 amide bonds. The normalized spacial score (nSPS) is 12.8. The van der Waals surface area contributed by atoms with Gasteiger partial charge in [0.25, 0.3) is 0 Å². The molecule has 2 atom stereocenters. The molecule has 1 aromatic carbocycles. The number of hydrogen-bond acceptors (Lipinski definition) is 6. The predicted molar refractivity (Wildman–Crippen MR) is 91.6 cm³/mol. The molecule has 0 fully saturated rings. The zero-order valence-electron chi connectivity index (χ0n) is 13.7. The second-order valence-corrected chi connectivity index (χ2v) is 5.52. The largest absolute Gasteiger partial charge is 0.508 e. The van der Waals surface area contributed by atoms with Crippen molar-refractivity contribution in [1.82, 2.24) is 10.8 Å². The maximum absolute atomic E-state index is 12.1. The summed E-state index contributed by atoms with van der Waals surface area (Å²) >= 11 is 0. The Morgan fingerprint density at radius 2 is 1.80 bits per heavy atom. The van der Waals surface area contributed by atoms with Crippen LogP contribution in [0.25, 0.3) is 0 Å². The fraction of sp³-hybridized carbons (Fsp3) is 0.400. The maximum atomic E-state index is 12.1. The summed E-state index contributed by atoms with van der Waals surface area (Å²) in [5, 5.41) is 20.9. The zero-order chi connectivity index (χ0) is 18.8. The van der Waals surface area contributed by atoms with Crippen LogP contribution in [0.4, 0.5) is 0 Å².